The van der Waals surface area contributed by atoms with Gasteiger partial charge in [0.25, 0.3) is 0 Å². The Morgan fingerprint density at radius 1 is 1.20 bits per heavy atom. The number of rotatable bonds is 4. The van der Waals surface area contributed by atoms with Crippen molar-refractivity contribution in [2.75, 3.05) is 33.8 Å². The van der Waals surface area contributed by atoms with Gasteiger partial charge in [-0.25, -0.2) is 0 Å². The molecule has 2 fully saturated rings. The summed E-state index contributed by atoms with van der Waals surface area (Å²) < 4.78 is 4.61. The predicted molar refractivity (Wildman–Crippen MR) is 76.2 cm³/mol. The van der Waals surface area contributed by atoms with Crippen molar-refractivity contribution in [1.82, 2.24) is 9.80 Å². The number of nitrogens with zero attached hydrogens (tertiary/aromatic N) is 2. The zero-order valence-electron chi connectivity index (χ0n) is 12.6. The van der Waals surface area contributed by atoms with Gasteiger partial charge in [0.05, 0.1) is 7.11 Å². The van der Waals surface area contributed by atoms with E-state index in [1.54, 1.807) is 0 Å². The van der Waals surface area contributed by atoms with Crippen LogP contribution < -0.4 is 0 Å². The minimum atomic E-state index is -0.228. The van der Waals surface area contributed by atoms with Crippen LogP contribution in [-0.4, -0.2) is 61.5 Å². The highest BCUT2D eigenvalue weighted by Gasteiger charge is 2.36. The molecule has 2 saturated heterocycles. The van der Waals surface area contributed by atoms with Crippen molar-refractivity contribution in [3.05, 3.63) is 0 Å². The molecule has 114 valence electrons. The molecule has 0 aromatic carbocycles. The molecule has 0 saturated carbocycles. The first-order chi connectivity index (χ1) is 9.61. The molecule has 0 bridgehead atoms. The van der Waals surface area contributed by atoms with Crippen LogP contribution in [0.15, 0.2) is 0 Å². The van der Waals surface area contributed by atoms with Gasteiger partial charge in [0.2, 0.25) is 5.91 Å². The number of carbonyl (C=O) groups excluding carboxylic acids is 2. The Labute approximate surface area is 121 Å². The highest BCUT2D eigenvalue weighted by atomic mass is 16.5. The maximum atomic E-state index is 12.4. The molecular weight excluding hydrogens is 256 g/mol. The maximum absolute atomic E-state index is 12.4. The average Bonchev–Trinajstić information content (AvgIpc) is 2.45. The summed E-state index contributed by atoms with van der Waals surface area (Å²) in [6, 6.07) is 0.422. The summed E-state index contributed by atoms with van der Waals surface area (Å²) >= 11 is 0. The molecule has 0 N–H and O–H groups in total. The molecule has 2 atom stereocenters. The van der Waals surface area contributed by atoms with Gasteiger partial charge in [-0.15, -0.1) is 0 Å². The predicted octanol–water partition coefficient (Wildman–Crippen LogP) is 1.27. The molecule has 0 aromatic heterocycles. The molecule has 20 heavy (non-hydrogen) atoms. The molecule has 5 nitrogen and oxygen atoms in total. The highest BCUT2D eigenvalue weighted by molar-refractivity contribution is 5.77. The fraction of sp³-hybridized carbons (Fsp3) is 0.867. The van der Waals surface area contributed by atoms with Crippen molar-refractivity contribution in [3.8, 4) is 0 Å². The number of hydrogen-bond acceptors (Lipinski definition) is 4. The van der Waals surface area contributed by atoms with Crippen LogP contribution in [0.5, 0.6) is 0 Å². The van der Waals surface area contributed by atoms with E-state index in [2.05, 4.69) is 21.6 Å². The van der Waals surface area contributed by atoms with Gasteiger partial charge in [0, 0.05) is 32.0 Å². The third-order valence-electron chi connectivity index (χ3n) is 4.59. The van der Waals surface area contributed by atoms with Crippen molar-refractivity contribution in [2.45, 2.75) is 44.6 Å². The number of methoxy groups -OCH3 is 1. The van der Waals surface area contributed by atoms with Crippen LogP contribution in [0.4, 0.5) is 0 Å². The maximum Gasteiger partial charge on any atom is 0.305 e. The van der Waals surface area contributed by atoms with E-state index in [9.17, 15) is 9.59 Å². The van der Waals surface area contributed by atoms with E-state index in [-0.39, 0.29) is 11.9 Å². The lowest BCUT2D eigenvalue weighted by atomic mass is 9.84. The Morgan fingerprint density at radius 3 is 2.75 bits per heavy atom. The van der Waals surface area contributed by atoms with Gasteiger partial charge >= 0.3 is 5.97 Å². The van der Waals surface area contributed by atoms with E-state index in [0.717, 1.165) is 32.5 Å². The summed E-state index contributed by atoms with van der Waals surface area (Å²) in [5.41, 5.74) is 0. The topological polar surface area (TPSA) is 49.9 Å². The number of esters is 1. The quantitative estimate of drug-likeness (QED) is 0.729. The van der Waals surface area contributed by atoms with Crippen molar-refractivity contribution in [3.63, 3.8) is 0 Å². The lowest BCUT2D eigenvalue weighted by Gasteiger charge is -2.46. The molecule has 0 aromatic rings. The minimum Gasteiger partial charge on any atom is -0.469 e. The van der Waals surface area contributed by atoms with E-state index in [1.807, 2.05) is 0 Å². The van der Waals surface area contributed by atoms with Crippen LogP contribution in [0.1, 0.15) is 38.5 Å². The molecule has 1 amide bonds. The number of fused-ring (bicyclic) bond motifs is 1. The van der Waals surface area contributed by atoms with Crippen LogP contribution >= 0.6 is 0 Å². The van der Waals surface area contributed by atoms with E-state index in [1.165, 1.54) is 13.5 Å². The number of carbonyl (C=O) groups is 2. The van der Waals surface area contributed by atoms with Crippen molar-refractivity contribution in [2.24, 2.45) is 5.92 Å². The summed E-state index contributed by atoms with van der Waals surface area (Å²) in [6.45, 7) is 3.08. The van der Waals surface area contributed by atoms with Crippen LogP contribution in [0.3, 0.4) is 0 Å². The Kier molecular flexibility index (Phi) is 5.40. The van der Waals surface area contributed by atoms with E-state index in [4.69, 9.17) is 0 Å². The fourth-order valence-electron chi connectivity index (χ4n) is 3.52. The number of likely N-dealkylation sites (tertiary alicyclic amines) is 2. The second-order valence-corrected chi connectivity index (χ2v) is 6.04. The van der Waals surface area contributed by atoms with Gasteiger partial charge in [-0.1, -0.05) is 0 Å². The van der Waals surface area contributed by atoms with Crippen LogP contribution in [0.25, 0.3) is 0 Å². The monoisotopic (exact) mass is 282 g/mol. The lowest BCUT2D eigenvalue weighted by Crippen LogP contribution is -2.55. The summed E-state index contributed by atoms with van der Waals surface area (Å²) in [4.78, 5) is 27.9. The Bertz CT molecular complexity index is 359. The van der Waals surface area contributed by atoms with Crippen LogP contribution in [-0.2, 0) is 14.3 Å². The Morgan fingerprint density at radius 2 is 2.00 bits per heavy atom. The summed E-state index contributed by atoms with van der Waals surface area (Å²) in [5.74, 6) is 0.619. The van der Waals surface area contributed by atoms with Crippen LogP contribution in [0.2, 0.25) is 0 Å². The standard InChI is InChI=1S/C15H26N2O3/c1-16-10-8-13-12(11-16)5-4-9-17(13)14(18)6-3-7-15(19)20-2/h12-13H,3-11H2,1-2H3/t12-,13-/m1/s1. The summed E-state index contributed by atoms with van der Waals surface area (Å²) in [5, 5.41) is 0. The number of piperidine rings is 2. The van der Waals surface area contributed by atoms with Crippen molar-refractivity contribution in [1.29, 1.82) is 0 Å². The molecular formula is C15H26N2O3. The minimum absolute atomic E-state index is 0.216. The smallest absolute Gasteiger partial charge is 0.305 e. The van der Waals surface area contributed by atoms with Gasteiger partial charge in [-0.05, 0) is 45.2 Å². The molecule has 2 rings (SSSR count). The number of hydrogen-bond donors (Lipinski definition) is 0. The molecule has 0 aliphatic carbocycles. The van der Waals surface area contributed by atoms with Gasteiger partial charge in [-0.2, -0.15) is 0 Å². The Hall–Kier alpha value is -1.10. The highest BCUT2D eigenvalue weighted by Crippen LogP contribution is 2.30. The fourth-order valence-corrected chi connectivity index (χ4v) is 3.52. The second-order valence-electron chi connectivity index (χ2n) is 6.04. The van der Waals surface area contributed by atoms with E-state index in [0.29, 0.717) is 31.2 Å². The van der Waals surface area contributed by atoms with Crippen LogP contribution in [0, 0.1) is 5.92 Å². The third-order valence-corrected chi connectivity index (χ3v) is 4.59. The van der Waals surface area contributed by atoms with Crippen molar-refractivity contribution >= 4 is 11.9 Å². The molecule has 2 heterocycles. The largest absolute Gasteiger partial charge is 0.469 e. The molecule has 5 heteroatoms. The SMILES string of the molecule is COC(=O)CCCC(=O)N1CCC[C@@H]2CN(C)CC[C@H]21. The first-order valence-corrected chi connectivity index (χ1v) is 7.66. The van der Waals surface area contributed by atoms with Gasteiger partial charge < -0.3 is 14.5 Å². The second kappa shape index (κ2) is 7.07. The third kappa shape index (κ3) is 3.72. The zero-order chi connectivity index (χ0) is 14.5. The lowest BCUT2D eigenvalue weighted by molar-refractivity contribution is -0.141. The summed E-state index contributed by atoms with van der Waals surface area (Å²) in [7, 11) is 3.55. The van der Waals surface area contributed by atoms with E-state index < -0.39 is 0 Å². The summed E-state index contributed by atoms with van der Waals surface area (Å²) in [6.07, 6.45) is 4.84. The van der Waals surface area contributed by atoms with Gasteiger partial charge in [0.15, 0.2) is 0 Å². The van der Waals surface area contributed by atoms with E-state index >= 15 is 0 Å². The Balaban J connectivity index is 1.84. The van der Waals surface area contributed by atoms with Gasteiger partial charge in [0.1, 0.15) is 0 Å². The number of ether oxygens (including phenoxy) is 1. The molecule has 0 unspecified atom stereocenters. The van der Waals surface area contributed by atoms with Gasteiger partial charge in [-0.3, -0.25) is 9.59 Å². The molecule has 0 radical (unpaired) electrons. The number of amides is 1. The average molecular weight is 282 g/mol. The molecule has 2 aliphatic heterocycles. The first-order valence-electron chi connectivity index (χ1n) is 7.66. The normalized spacial score (nSPS) is 27.0. The molecule has 0 spiro atoms. The molecule has 2 aliphatic rings. The first kappa shape index (κ1) is 15.3. The zero-order valence-corrected chi connectivity index (χ0v) is 12.6. The van der Waals surface area contributed by atoms with Crippen molar-refractivity contribution < 1.29 is 14.3 Å².